The quantitative estimate of drug-likeness (QED) is 0.827. The number of sulfonamides is 1. The molecule has 2 aliphatic rings. The van der Waals surface area contributed by atoms with Crippen molar-refractivity contribution in [2.45, 2.75) is 25.3 Å². The first-order chi connectivity index (χ1) is 9.02. The van der Waals surface area contributed by atoms with Crippen LogP contribution in [0, 0.1) is 0 Å². The summed E-state index contributed by atoms with van der Waals surface area (Å²) in [6.45, 7) is 4.42. The van der Waals surface area contributed by atoms with Crippen LogP contribution in [-0.4, -0.2) is 44.7 Å². The summed E-state index contributed by atoms with van der Waals surface area (Å²) in [4.78, 5) is 2.43. The van der Waals surface area contributed by atoms with Crippen LogP contribution in [0.3, 0.4) is 0 Å². The van der Waals surface area contributed by atoms with Crippen molar-refractivity contribution in [1.29, 1.82) is 0 Å². The van der Waals surface area contributed by atoms with Gasteiger partial charge in [0.15, 0.2) is 0 Å². The van der Waals surface area contributed by atoms with Gasteiger partial charge in [-0.25, -0.2) is 12.7 Å². The number of likely N-dealkylation sites (N-methyl/N-ethyl adjacent to an activating group) is 1. The highest BCUT2D eigenvalue weighted by atomic mass is 32.2. The van der Waals surface area contributed by atoms with Gasteiger partial charge in [0.25, 0.3) is 0 Å². The van der Waals surface area contributed by atoms with E-state index in [1.807, 2.05) is 0 Å². The summed E-state index contributed by atoms with van der Waals surface area (Å²) in [6, 6.07) is 8.87. The van der Waals surface area contributed by atoms with Gasteiger partial charge in [0.05, 0.1) is 6.26 Å². The molecule has 0 bridgehead atoms. The second-order valence-electron chi connectivity index (χ2n) is 5.43. The number of nitrogens with zero attached hydrogens (tertiary/aromatic N) is 2. The Bertz CT molecular complexity index is 585. The number of fused-ring (bicyclic) bond motifs is 3. The van der Waals surface area contributed by atoms with Gasteiger partial charge < -0.3 is 4.90 Å². The molecule has 0 aromatic heterocycles. The fraction of sp³-hybridized carbons (Fsp3) is 0.571. The van der Waals surface area contributed by atoms with Crippen LogP contribution in [0.5, 0.6) is 0 Å². The van der Waals surface area contributed by atoms with Gasteiger partial charge in [-0.15, -0.1) is 0 Å². The monoisotopic (exact) mass is 280 g/mol. The number of para-hydroxylation sites is 1. The molecule has 1 aromatic rings. The minimum absolute atomic E-state index is 0.319. The third-order valence-corrected chi connectivity index (χ3v) is 5.66. The summed E-state index contributed by atoms with van der Waals surface area (Å²) in [6.07, 6.45) is 2.23. The Kier molecular flexibility index (Phi) is 3.06. The minimum Gasteiger partial charge on any atom is -0.368 e. The van der Waals surface area contributed by atoms with Gasteiger partial charge in [-0.2, -0.15) is 0 Å². The second kappa shape index (κ2) is 4.49. The van der Waals surface area contributed by atoms with Crippen LogP contribution in [0.25, 0.3) is 0 Å². The summed E-state index contributed by atoms with van der Waals surface area (Å²) >= 11 is 0. The Morgan fingerprint density at radius 3 is 2.74 bits per heavy atom. The lowest BCUT2D eigenvalue weighted by molar-refractivity contribution is 0.292. The predicted octanol–water partition coefficient (Wildman–Crippen LogP) is 1.64. The first kappa shape index (κ1) is 12.9. The SMILES string of the molecule is CCN1c2ccccc2[C@@H]2CN(S(C)(=O)=O)CC[C@@H]21. The van der Waals surface area contributed by atoms with Gasteiger partial charge in [-0.3, -0.25) is 0 Å². The predicted molar refractivity (Wildman–Crippen MR) is 77.0 cm³/mol. The first-order valence-electron chi connectivity index (χ1n) is 6.83. The standard InChI is InChI=1S/C14H20N2O2S/c1-3-16-13-7-5-4-6-11(13)12-10-15(19(2,17)18)9-8-14(12)16/h4-7,12,14H,3,8-10H2,1-2H3/t12-,14-/m0/s1. The number of rotatable bonds is 2. The van der Waals surface area contributed by atoms with E-state index in [0.717, 1.165) is 13.0 Å². The Morgan fingerprint density at radius 1 is 1.32 bits per heavy atom. The maximum Gasteiger partial charge on any atom is 0.211 e. The normalized spacial score (nSPS) is 27.2. The Balaban J connectivity index is 1.97. The zero-order chi connectivity index (χ0) is 13.6. The van der Waals surface area contributed by atoms with Crippen molar-refractivity contribution >= 4 is 15.7 Å². The lowest BCUT2D eigenvalue weighted by Crippen LogP contribution is -2.47. The van der Waals surface area contributed by atoms with E-state index in [4.69, 9.17) is 0 Å². The minimum atomic E-state index is -3.08. The molecule has 2 atom stereocenters. The fourth-order valence-electron chi connectivity index (χ4n) is 3.54. The highest BCUT2D eigenvalue weighted by Gasteiger charge is 2.42. The van der Waals surface area contributed by atoms with E-state index in [9.17, 15) is 8.42 Å². The van der Waals surface area contributed by atoms with Crippen molar-refractivity contribution in [3.63, 3.8) is 0 Å². The maximum atomic E-state index is 11.8. The van der Waals surface area contributed by atoms with E-state index in [1.165, 1.54) is 17.5 Å². The van der Waals surface area contributed by atoms with Gasteiger partial charge in [-0.1, -0.05) is 18.2 Å². The third kappa shape index (κ3) is 2.05. The molecule has 1 saturated heterocycles. The number of piperidine rings is 1. The van der Waals surface area contributed by atoms with E-state index in [2.05, 4.69) is 36.1 Å². The topological polar surface area (TPSA) is 40.6 Å². The molecule has 2 heterocycles. The van der Waals surface area contributed by atoms with E-state index < -0.39 is 10.0 Å². The van der Waals surface area contributed by atoms with Gasteiger partial charge >= 0.3 is 0 Å². The molecular formula is C14H20N2O2S. The zero-order valence-electron chi connectivity index (χ0n) is 11.4. The number of anilines is 1. The first-order valence-corrected chi connectivity index (χ1v) is 8.68. The molecule has 1 aromatic carbocycles. The van der Waals surface area contributed by atoms with Crippen molar-refractivity contribution in [2.75, 3.05) is 30.8 Å². The van der Waals surface area contributed by atoms with Gasteiger partial charge in [-0.05, 0) is 25.0 Å². The largest absolute Gasteiger partial charge is 0.368 e. The van der Waals surface area contributed by atoms with Crippen LogP contribution in [0.2, 0.25) is 0 Å². The lowest BCUT2D eigenvalue weighted by atomic mass is 9.90. The summed E-state index contributed by atoms with van der Waals surface area (Å²) in [7, 11) is -3.08. The van der Waals surface area contributed by atoms with Crippen molar-refractivity contribution < 1.29 is 8.42 Å². The molecule has 0 spiro atoms. The van der Waals surface area contributed by atoms with E-state index in [1.54, 1.807) is 4.31 Å². The van der Waals surface area contributed by atoms with Crippen LogP contribution in [0.15, 0.2) is 24.3 Å². The molecule has 19 heavy (non-hydrogen) atoms. The Morgan fingerprint density at radius 2 is 2.05 bits per heavy atom. The molecule has 0 saturated carbocycles. The van der Waals surface area contributed by atoms with E-state index in [-0.39, 0.29) is 0 Å². The zero-order valence-corrected chi connectivity index (χ0v) is 12.2. The van der Waals surface area contributed by atoms with Crippen LogP contribution >= 0.6 is 0 Å². The highest BCUT2D eigenvalue weighted by Crippen LogP contribution is 2.44. The molecule has 0 radical (unpaired) electrons. The van der Waals surface area contributed by atoms with Crippen LogP contribution in [-0.2, 0) is 10.0 Å². The molecule has 0 unspecified atom stereocenters. The van der Waals surface area contributed by atoms with E-state index >= 15 is 0 Å². The van der Waals surface area contributed by atoms with Crippen molar-refractivity contribution in [1.82, 2.24) is 4.31 Å². The molecular weight excluding hydrogens is 260 g/mol. The molecule has 5 heteroatoms. The molecule has 104 valence electrons. The number of hydrogen-bond donors (Lipinski definition) is 0. The average molecular weight is 280 g/mol. The Hall–Kier alpha value is -1.07. The lowest BCUT2D eigenvalue weighted by Gasteiger charge is -2.37. The second-order valence-corrected chi connectivity index (χ2v) is 7.41. The third-order valence-electron chi connectivity index (χ3n) is 4.39. The molecule has 0 N–H and O–H groups in total. The van der Waals surface area contributed by atoms with Crippen molar-refractivity contribution in [2.24, 2.45) is 0 Å². The van der Waals surface area contributed by atoms with Crippen LogP contribution in [0.4, 0.5) is 5.69 Å². The van der Waals surface area contributed by atoms with Crippen LogP contribution < -0.4 is 4.90 Å². The van der Waals surface area contributed by atoms with Crippen LogP contribution in [0.1, 0.15) is 24.8 Å². The van der Waals surface area contributed by atoms with Crippen molar-refractivity contribution in [3.8, 4) is 0 Å². The molecule has 0 aliphatic carbocycles. The maximum absolute atomic E-state index is 11.8. The summed E-state index contributed by atoms with van der Waals surface area (Å²) in [5, 5.41) is 0. The number of benzene rings is 1. The van der Waals surface area contributed by atoms with Gasteiger partial charge in [0.1, 0.15) is 0 Å². The summed E-state index contributed by atoms with van der Waals surface area (Å²) in [5.41, 5.74) is 2.60. The van der Waals surface area contributed by atoms with Gasteiger partial charge in [0.2, 0.25) is 10.0 Å². The summed E-state index contributed by atoms with van der Waals surface area (Å²) < 4.78 is 25.1. The average Bonchev–Trinajstić information content (AvgIpc) is 2.70. The highest BCUT2D eigenvalue weighted by molar-refractivity contribution is 7.88. The Labute approximate surface area is 115 Å². The number of hydrogen-bond acceptors (Lipinski definition) is 3. The fourth-order valence-corrected chi connectivity index (χ4v) is 4.40. The summed E-state index contributed by atoms with van der Waals surface area (Å²) in [5.74, 6) is 0.319. The molecule has 1 fully saturated rings. The molecule has 3 rings (SSSR count). The van der Waals surface area contributed by atoms with E-state index in [0.29, 0.717) is 25.0 Å². The van der Waals surface area contributed by atoms with Crippen molar-refractivity contribution in [3.05, 3.63) is 29.8 Å². The molecule has 0 amide bonds. The van der Waals surface area contributed by atoms with Gasteiger partial charge in [0, 0.05) is 37.3 Å². The smallest absolute Gasteiger partial charge is 0.211 e. The molecule has 2 aliphatic heterocycles. The molecule has 4 nitrogen and oxygen atoms in total.